The Labute approximate surface area is 120 Å². The minimum absolute atomic E-state index is 0.163. The first-order valence-electron chi connectivity index (χ1n) is 5.95. The van der Waals surface area contributed by atoms with E-state index in [1.165, 1.54) is 12.1 Å². The summed E-state index contributed by atoms with van der Waals surface area (Å²) < 4.78 is 5.76. The minimum atomic E-state index is -1.01. The first-order chi connectivity index (χ1) is 9.04. The summed E-state index contributed by atoms with van der Waals surface area (Å²) in [6, 6.07) is 4.44. The molecule has 0 unspecified atom stereocenters. The van der Waals surface area contributed by atoms with Gasteiger partial charge in [0.2, 0.25) is 5.91 Å². The summed E-state index contributed by atoms with van der Waals surface area (Å²) in [4.78, 5) is 22.4. The molecule has 0 aliphatic rings. The van der Waals surface area contributed by atoms with Crippen LogP contribution in [-0.4, -0.2) is 30.2 Å². The van der Waals surface area contributed by atoms with Crippen LogP contribution < -0.4 is 5.32 Å². The highest BCUT2D eigenvalue weighted by molar-refractivity contribution is 9.10. The van der Waals surface area contributed by atoms with E-state index >= 15 is 0 Å². The molecule has 0 spiro atoms. The van der Waals surface area contributed by atoms with Crippen molar-refractivity contribution >= 4 is 33.5 Å². The van der Waals surface area contributed by atoms with Crippen LogP contribution in [0.4, 0.5) is 5.69 Å². The quantitative estimate of drug-likeness (QED) is 0.754. The van der Waals surface area contributed by atoms with Gasteiger partial charge >= 0.3 is 5.97 Å². The van der Waals surface area contributed by atoms with Crippen LogP contribution in [0.1, 0.15) is 30.1 Å². The average Bonchev–Trinajstić information content (AvgIpc) is 2.37. The molecule has 1 aromatic carbocycles. The lowest BCUT2D eigenvalue weighted by Crippen LogP contribution is -2.14. The molecule has 1 amide bonds. The zero-order valence-corrected chi connectivity index (χ0v) is 12.2. The topological polar surface area (TPSA) is 75.6 Å². The lowest BCUT2D eigenvalue weighted by atomic mass is 10.2. The number of nitrogens with one attached hydrogen (secondary N) is 1. The third-order valence-corrected chi connectivity index (χ3v) is 2.97. The van der Waals surface area contributed by atoms with E-state index in [0.717, 1.165) is 6.42 Å². The van der Waals surface area contributed by atoms with E-state index < -0.39 is 5.97 Å². The molecule has 0 saturated heterocycles. The molecule has 0 heterocycles. The predicted octanol–water partition coefficient (Wildman–Crippen LogP) is 2.90. The molecule has 0 aliphatic carbocycles. The maximum absolute atomic E-state index is 11.6. The molecule has 6 heteroatoms. The van der Waals surface area contributed by atoms with Crippen LogP contribution in [0, 0.1) is 0 Å². The molecule has 1 aromatic rings. The van der Waals surface area contributed by atoms with Crippen LogP contribution in [0.5, 0.6) is 0 Å². The molecule has 104 valence electrons. The molecular weight excluding hydrogens is 314 g/mol. The van der Waals surface area contributed by atoms with Gasteiger partial charge in [0.1, 0.15) is 0 Å². The maximum atomic E-state index is 11.6. The van der Waals surface area contributed by atoms with Crippen LogP contribution in [0.2, 0.25) is 0 Å². The smallest absolute Gasteiger partial charge is 0.335 e. The fourth-order valence-electron chi connectivity index (χ4n) is 1.37. The van der Waals surface area contributed by atoms with Crippen LogP contribution in [0.3, 0.4) is 0 Å². The molecule has 0 saturated carbocycles. The van der Waals surface area contributed by atoms with Gasteiger partial charge in [0.05, 0.1) is 24.3 Å². The lowest BCUT2D eigenvalue weighted by molar-refractivity contribution is -0.117. The highest BCUT2D eigenvalue weighted by Gasteiger charge is 2.09. The number of anilines is 1. The fourth-order valence-corrected chi connectivity index (χ4v) is 1.85. The maximum Gasteiger partial charge on any atom is 0.335 e. The normalized spacial score (nSPS) is 10.2. The van der Waals surface area contributed by atoms with Gasteiger partial charge in [0.15, 0.2) is 0 Å². The van der Waals surface area contributed by atoms with Gasteiger partial charge in [-0.25, -0.2) is 4.79 Å². The van der Waals surface area contributed by atoms with Crippen LogP contribution in [-0.2, 0) is 9.53 Å². The van der Waals surface area contributed by atoms with Crippen molar-refractivity contribution in [2.24, 2.45) is 0 Å². The van der Waals surface area contributed by atoms with Crippen LogP contribution >= 0.6 is 15.9 Å². The monoisotopic (exact) mass is 329 g/mol. The van der Waals surface area contributed by atoms with Crippen molar-refractivity contribution in [2.45, 2.75) is 19.8 Å². The van der Waals surface area contributed by atoms with Gasteiger partial charge in [0.25, 0.3) is 0 Å². The van der Waals surface area contributed by atoms with Crippen molar-refractivity contribution in [1.29, 1.82) is 0 Å². The number of carboxylic acids is 1. The van der Waals surface area contributed by atoms with E-state index in [1.54, 1.807) is 6.07 Å². The van der Waals surface area contributed by atoms with Crippen molar-refractivity contribution in [3.8, 4) is 0 Å². The predicted molar refractivity (Wildman–Crippen MR) is 75.5 cm³/mol. The van der Waals surface area contributed by atoms with Crippen molar-refractivity contribution in [1.82, 2.24) is 0 Å². The van der Waals surface area contributed by atoms with E-state index in [4.69, 9.17) is 9.84 Å². The molecule has 0 radical (unpaired) electrons. The molecular formula is C13H16BrNO4. The molecule has 0 fully saturated rings. The Morgan fingerprint density at radius 2 is 2.11 bits per heavy atom. The van der Waals surface area contributed by atoms with E-state index in [1.807, 2.05) is 6.92 Å². The molecule has 1 rings (SSSR count). The van der Waals surface area contributed by atoms with Gasteiger partial charge in [-0.05, 0) is 40.5 Å². The van der Waals surface area contributed by atoms with Gasteiger partial charge < -0.3 is 15.2 Å². The number of hydrogen-bond donors (Lipinski definition) is 2. The van der Waals surface area contributed by atoms with E-state index in [-0.39, 0.29) is 17.9 Å². The first kappa shape index (κ1) is 15.7. The number of aromatic carboxylic acids is 1. The summed E-state index contributed by atoms with van der Waals surface area (Å²) >= 11 is 3.23. The number of benzene rings is 1. The largest absolute Gasteiger partial charge is 0.478 e. The average molecular weight is 330 g/mol. The zero-order valence-electron chi connectivity index (χ0n) is 10.6. The highest BCUT2D eigenvalue weighted by Crippen LogP contribution is 2.23. The second kappa shape index (κ2) is 7.91. The summed E-state index contributed by atoms with van der Waals surface area (Å²) in [5.74, 6) is -1.17. The standard InChI is InChI=1S/C13H16BrNO4/c1-2-6-19-7-5-12(16)15-11-4-3-9(13(17)18)8-10(11)14/h3-4,8H,2,5-7H2,1H3,(H,15,16)(H,17,18). The summed E-state index contributed by atoms with van der Waals surface area (Å²) in [5, 5.41) is 11.5. The molecule has 5 nitrogen and oxygen atoms in total. The van der Waals surface area contributed by atoms with Crippen molar-refractivity contribution in [3.05, 3.63) is 28.2 Å². The Hall–Kier alpha value is -1.40. The van der Waals surface area contributed by atoms with Gasteiger partial charge in [0, 0.05) is 11.1 Å². The Morgan fingerprint density at radius 1 is 1.37 bits per heavy atom. The number of carbonyl (C=O) groups excluding carboxylic acids is 1. The van der Waals surface area contributed by atoms with Crippen LogP contribution in [0.15, 0.2) is 22.7 Å². The van der Waals surface area contributed by atoms with Crippen molar-refractivity contribution in [3.63, 3.8) is 0 Å². The molecule has 2 N–H and O–H groups in total. The third kappa shape index (κ3) is 5.40. The number of ether oxygens (including phenoxy) is 1. The van der Waals surface area contributed by atoms with E-state index in [2.05, 4.69) is 21.2 Å². The Kier molecular flexibility index (Phi) is 6.52. The van der Waals surface area contributed by atoms with Crippen LogP contribution in [0.25, 0.3) is 0 Å². The van der Waals surface area contributed by atoms with Crippen molar-refractivity contribution in [2.75, 3.05) is 18.5 Å². The van der Waals surface area contributed by atoms with Crippen molar-refractivity contribution < 1.29 is 19.4 Å². The number of halogens is 1. The second-order valence-corrected chi connectivity index (χ2v) is 4.76. The van der Waals surface area contributed by atoms with Gasteiger partial charge in [-0.15, -0.1) is 0 Å². The summed E-state index contributed by atoms with van der Waals surface area (Å²) in [7, 11) is 0. The zero-order chi connectivity index (χ0) is 14.3. The number of carboxylic acid groups (broad SMARTS) is 1. The minimum Gasteiger partial charge on any atom is -0.478 e. The number of rotatable bonds is 7. The number of amides is 1. The molecule has 0 atom stereocenters. The highest BCUT2D eigenvalue weighted by atomic mass is 79.9. The summed E-state index contributed by atoms with van der Waals surface area (Å²) in [6.07, 6.45) is 1.19. The molecule has 19 heavy (non-hydrogen) atoms. The Bertz CT molecular complexity index is 462. The number of hydrogen-bond acceptors (Lipinski definition) is 3. The number of carbonyl (C=O) groups is 2. The van der Waals surface area contributed by atoms with Gasteiger partial charge in [-0.3, -0.25) is 4.79 Å². The first-order valence-corrected chi connectivity index (χ1v) is 6.74. The summed E-state index contributed by atoms with van der Waals surface area (Å²) in [5.41, 5.74) is 0.710. The SMILES string of the molecule is CCCOCCC(=O)Nc1ccc(C(=O)O)cc1Br. The molecule has 0 bridgehead atoms. The van der Waals surface area contributed by atoms with E-state index in [9.17, 15) is 9.59 Å². The van der Waals surface area contributed by atoms with E-state index in [0.29, 0.717) is 23.4 Å². The Morgan fingerprint density at radius 3 is 2.68 bits per heavy atom. The second-order valence-electron chi connectivity index (χ2n) is 3.91. The molecule has 0 aromatic heterocycles. The fraction of sp³-hybridized carbons (Fsp3) is 0.385. The lowest BCUT2D eigenvalue weighted by Gasteiger charge is -2.08. The van der Waals surface area contributed by atoms with Gasteiger partial charge in [-0.1, -0.05) is 6.92 Å². The van der Waals surface area contributed by atoms with Gasteiger partial charge in [-0.2, -0.15) is 0 Å². The molecule has 0 aliphatic heterocycles. The Balaban J connectivity index is 2.52. The third-order valence-electron chi connectivity index (χ3n) is 2.31. The summed E-state index contributed by atoms with van der Waals surface area (Å²) in [6.45, 7) is 3.02.